The fourth-order valence-corrected chi connectivity index (χ4v) is 4.51. The number of amides is 1. The van der Waals surface area contributed by atoms with Gasteiger partial charge < -0.3 is 14.5 Å². The summed E-state index contributed by atoms with van der Waals surface area (Å²) in [6.07, 6.45) is 0. The number of sulfone groups is 1. The summed E-state index contributed by atoms with van der Waals surface area (Å²) in [5.41, 5.74) is -0.254. The molecule has 168 valence electrons. The van der Waals surface area contributed by atoms with Crippen LogP contribution < -0.4 is 15.7 Å². The van der Waals surface area contributed by atoms with Gasteiger partial charge in [-0.1, -0.05) is 12.1 Å². The van der Waals surface area contributed by atoms with Crippen molar-refractivity contribution in [3.05, 3.63) is 94.6 Å². The van der Waals surface area contributed by atoms with Gasteiger partial charge >= 0.3 is 5.63 Å². The second kappa shape index (κ2) is 8.87. The molecule has 7 nitrogen and oxygen atoms in total. The zero-order chi connectivity index (χ0) is 23.6. The molecule has 3 aromatic carbocycles. The lowest BCUT2D eigenvalue weighted by molar-refractivity contribution is 0.102. The van der Waals surface area contributed by atoms with Crippen LogP contribution in [0.4, 0.5) is 10.1 Å². The molecule has 1 amide bonds. The van der Waals surface area contributed by atoms with Gasteiger partial charge in [-0.25, -0.2) is 17.6 Å². The quantitative estimate of drug-likeness (QED) is 0.333. The van der Waals surface area contributed by atoms with Crippen LogP contribution in [0.25, 0.3) is 11.0 Å². The lowest BCUT2D eigenvalue weighted by Crippen LogP contribution is -2.15. The Morgan fingerprint density at radius 2 is 1.76 bits per heavy atom. The molecule has 0 saturated heterocycles. The molecule has 0 aliphatic carbocycles. The average molecular weight is 467 g/mol. The number of halogens is 1. The van der Waals surface area contributed by atoms with Gasteiger partial charge in [-0.2, -0.15) is 0 Å². The number of hydrogen-bond acceptors (Lipinski definition) is 6. The van der Waals surface area contributed by atoms with Gasteiger partial charge in [-0.3, -0.25) is 4.79 Å². The van der Waals surface area contributed by atoms with Gasteiger partial charge in [0.25, 0.3) is 5.91 Å². The SMILES string of the molecule is CCOc1ccccc1NC(=O)c1ccc2oc(=O)c(S(=O)(=O)c3ccc(F)cc3)cc2c1. The normalized spacial score (nSPS) is 11.3. The first-order chi connectivity index (χ1) is 15.8. The highest BCUT2D eigenvalue weighted by atomic mass is 32.2. The summed E-state index contributed by atoms with van der Waals surface area (Å²) in [5, 5.41) is 2.99. The minimum atomic E-state index is -4.26. The molecule has 0 unspecified atom stereocenters. The van der Waals surface area contributed by atoms with Crippen LogP contribution in [0.3, 0.4) is 0 Å². The van der Waals surface area contributed by atoms with Crippen molar-refractivity contribution in [3.8, 4) is 5.75 Å². The fourth-order valence-electron chi connectivity index (χ4n) is 3.22. The highest BCUT2D eigenvalue weighted by molar-refractivity contribution is 7.91. The molecule has 1 N–H and O–H groups in total. The Bertz CT molecular complexity index is 1510. The Balaban J connectivity index is 1.72. The molecular weight excluding hydrogens is 449 g/mol. The molecule has 4 rings (SSSR count). The minimum absolute atomic E-state index is 0.115. The summed E-state index contributed by atoms with van der Waals surface area (Å²) in [6.45, 7) is 2.25. The number of rotatable bonds is 6. The monoisotopic (exact) mass is 467 g/mol. The van der Waals surface area contributed by atoms with Gasteiger partial charge in [0.1, 0.15) is 17.1 Å². The molecule has 33 heavy (non-hydrogen) atoms. The Kier molecular flexibility index (Phi) is 5.97. The van der Waals surface area contributed by atoms with Crippen LogP contribution >= 0.6 is 0 Å². The number of ether oxygens (including phenoxy) is 1. The van der Waals surface area contributed by atoms with E-state index in [4.69, 9.17) is 9.15 Å². The number of anilines is 1. The molecule has 0 aliphatic rings. The summed E-state index contributed by atoms with van der Waals surface area (Å²) in [7, 11) is -4.26. The molecule has 1 aromatic heterocycles. The van der Waals surface area contributed by atoms with E-state index in [1.54, 1.807) is 24.3 Å². The standard InChI is InChI=1S/C24H18FNO6S/c1-2-31-21-6-4-3-5-19(21)26-23(27)15-7-12-20-16(13-15)14-22(24(28)32-20)33(29,30)18-10-8-17(25)9-11-18/h3-14H,2H2,1H3,(H,26,27). The Hall–Kier alpha value is -3.98. The van der Waals surface area contributed by atoms with Gasteiger partial charge in [-0.05, 0) is 67.6 Å². The number of hydrogen-bond donors (Lipinski definition) is 1. The zero-order valence-corrected chi connectivity index (χ0v) is 18.2. The van der Waals surface area contributed by atoms with Gasteiger partial charge in [0.05, 0.1) is 17.2 Å². The highest BCUT2D eigenvalue weighted by Gasteiger charge is 2.24. The number of carbonyl (C=O) groups is 1. The topological polar surface area (TPSA) is 103 Å². The first-order valence-electron chi connectivity index (χ1n) is 9.91. The van der Waals surface area contributed by atoms with Crippen LogP contribution in [0.5, 0.6) is 5.75 Å². The molecule has 9 heteroatoms. The summed E-state index contributed by atoms with van der Waals surface area (Å²) < 4.78 is 49.6. The number of fused-ring (bicyclic) bond motifs is 1. The van der Waals surface area contributed by atoms with Crippen LogP contribution in [0.15, 0.2) is 91.8 Å². The van der Waals surface area contributed by atoms with E-state index in [1.807, 2.05) is 6.92 Å². The molecule has 0 radical (unpaired) electrons. The second-order valence-electron chi connectivity index (χ2n) is 6.99. The maximum atomic E-state index is 13.2. The molecule has 4 aromatic rings. The van der Waals surface area contributed by atoms with Crippen molar-refractivity contribution in [2.75, 3.05) is 11.9 Å². The average Bonchev–Trinajstić information content (AvgIpc) is 2.80. The number of benzene rings is 3. The largest absolute Gasteiger partial charge is 0.492 e. The summed E-state index contributed by atoms with van der Waals surface area (Å²) in [5.74, 6) is -0.563. The third-order valence-electron chi connectivity index (χ3n) is 4.81. The van der Waals surface area contributed by atoms with Gasteiger partial charge in [0.15, 0.2) is 4.90 Å². The van der Waals surface area contributed by atoms with E-state index in [0.717, 1.165) is 30.3 Å². The fraction of sp³-hybridized carbons (Fsp3) is 0.0833. The molecular formula is C24H18FNO6S. The van der Waals surface area contributed by atoms with Crippen LogP contribution in [0.2, 0.25) is 0 Å². The molecule has 0 spiro atoms. The maximum Gasteiger partial charge on any atom is 0.355 e. The Morgan fingerprint density at radius 3 is 2.48 bits per heavy atom. The summed E-state index contributed by atoms with van der Waals surface area (Å²) >= 11 is 0. The molecule has 0 saturated carbocycles. The Morgan fingerprint density at radius 1 is 1.03 bits per heavy atom. The van der Waals surface area contributed by atoms with E-state index < -0.39 is 32.1 Å². The van der Waals surface area contributed by atoms with Crippen LogP contribution in [0.1, 0.15) is 17.3 Å². The minimum Gasteiger partial charge on any atom is -0.492 e. The highest BCUT2D eigenvalue weighted by Crippen LogP contribution is 2.26. The van der Waals surface area contributed by atoms with Crippen molar-refractivity contribution in [1.29, 1.82) is 0 Å². The third kappa shape index (κ3) is 4.49. The van der Waals surface area contributed by atoms with E-state index >= 15 is 0 Å². The van der Waals surface area contributed by atoms with Gasteiger partial charge in [0.2, 0.25) is 9.84 Å². The van der Waals surface area contributed by atoms with Crippen LogP contribution in [-0.4, -0.2) is 20.9 Å². The van der Waals surface area contributed by atoms with E-state index in [-0.39, 0.29) is 21.4 Å². The lowest BCUT2D eigenvalue weighted by Gasteiger charge is -2.11. The third-order valence-corrected chi connectivity index (χ3v) is 6.57. The predicted molar refractivity (Wildman–Crippen MR) is 120 cm³/mol. The molecule has 0 bridgehead atoms. The van der Waals surface area contributed by atoms with E-state index in [1.165, 1.54) is 18.2 Å². The Labute approximate surface area is 188 Å². The van der Waals surface area contributed by atoms with Crippen molar-refractivity contribution in [2.24, 2.45) is 0 Å². The molecule has 1 heterocycles. The lowest BCUT2D eigenvalue weighted by atomic mass is 10.1. The van der Waals surface area contributed by atoms with E-state index in [0.29, 0.717) is 18.0 Å². The smallest absolute Gasteiger partial charge is 0.355 e. The number of para-hydroxylation sites is 2. The first kappa shape index (κ1) is 22.2. The van der Waals surface area contributed by atoms with Crippen molar-refractivity contribution >= 4 is 32.4 Å². The van der Waals surface area contributed by atoms with E-state index in [9.17, 15) is 22.4 Å². The molecule has 0 atom stereocenters. The summed E-state index contributed by atoms with van der Waals surface area (Å²) in [6, 6.07) is 16.5. The number of carbonyl (C=O) groups excluding carboxylic acids is 1. The molecule has 0 fully saturated rings. The number of nitrogens with one attached hydrogen (secondary N) is 1. The first-order valence-corrected chi connectivity index (χ1v) is 11.4. The maximum absolute atomic E-state index is 13.2. The summed E-state index contributed by atoms with van der Waals surface area (Å²) in [4.78, 5) is 24.3. The van der Waals surface area contributed by atoms with Crippen molar-refractivity contribution in [1.82, 2.24) is 0 Å². The predicted octanol–water partition coefficient (Wildman–Crippen LogP) is 4.42. The van der Waals surface area contributed by atoms with Crippen molar-refractivity contribution < 1.29 is 26.8 Å². The van der Waals surface area contributed by atoms with Crippen LogP contribution in [0, 0.1) is 5.82 Å². The zero-order valence-electron chi connectivity index (χ0n) is 17.4. The van der Waals surface area contributed by atoms with Crippen molar-refractivity contribution in [3.63, 3.8) is 0 Å². The van der Waals surface area contributed by atoms with Crippen molar-refractivity contribution in [2.45, 2.75) is 16.7 Å². The molecule has 0 aliphatic heterocycles. The van der Waals surface area contributed by atoms with Gasteiger partial charge in [0, 0.05) is 10.9 Å². The van der Waals surface area contributed by atoms with Crippen LogP contribution in [-0.2, 0) is 9.84 Å². The second-order valence-corrected chi connectivity index (χ2v) is 8.91. The van der Waals surface area contributed by atoms with E-state index in [2.05, 4.69) is 5.32 Å². The van der Waals surface area contributed by atoms with Gasteiger partial charge in [-0.15, -0.1) is 0 Å².